The lowest BCUT2D eigenvalue weighted by Crippen LogP contribution is -2.17. The molecular weight excluding hydrogens is 264 g/mol. The Balaban J connectivity index is 1.98. The fraction of sp³-hybridized carbons (Fsp3) is 0.214. The third kappa shape index (κ3) is 3.11. The highest BCUT2D eigenvalue weighted by Gasteiger charge is 2.08. The van der Waals surface area contributed by atoms with Gasteiger partial charge in [0.05, 0.1) is 5.56 Å². The topological polar surface area (TPSA) is 35.8 Å². The summed E-state index contributed by atoms with van der Waals surface area (Å²) in [6.45, 7) is 2.83. The van der Waals surface area contributed by atoms with Gasteiger partial charge in [-0.2, -0.15) is 5.26 Å². The van der Waals surface area contributed by atoms with Crippen LogP contribution in [0.5, 0.6) is 0 Å². The van der Waals surface area contributed by atoms with Crippen molar-refractivity contribution in [1.82, 2.24) is 5.32 Å². The summed E-state index contributed by atoms with van der Waals surface area (Å²) in [6, 6.07) is 12.1. The zero-order valence-corrected chi connectivity index (χ0v) is 11.6. The number of nitriles is 1. The molecule has 1 atom stereocenters. The normalized spacial score (nSPS) is 12.1. The first kappa shape index (κ1) is 13.1. The van der Waals surface area contributed by atoms with Crippen molar-refractivity contribution in [2.45, 2.75) is 19.5 Å². The van der Waals surface area contributed by atoms with Gasteiger partial charge in [-0.1, -0.05) is 29.8 Å². The van der Waals surface area contributed by atoms with Crippen LogP contribution in [0.25, 0.3) is 0 Å². The van der Waals surface area contributed by atoms with Gasteiger partial charge in [0, 0.05) is 27.9 Å². The minimum Gasteiger partial charge on any atom is -0.305 e. The van der Waals surface area contributed by atoms with E-state index in [2.05, 4.69) is 18.3 Å². The van der Waals surface area contributed by atoms with Crippen molar-refractivity contribution < 1.29 is 0 Å². The summed E-state index contributed by atoms with van der Waals surface area (Å²) in [5.74, 6) is 0. The summed E-state index contributed by atoms with van der Waals surface area (Å²) in [4.78, 5) is 1.16. The van der Waals surface area contributed by atoms with Gasteiger partial charge in [-0.25, -0.2) is 0 Å². The Morgan fingerprint density at radius 2 is 2.22 bits per heavy atom. The summed E-state index contributed by atoms with van der Waals surface area (Å²) in [6.07, 6.45) is 0. The number of thiophene rings is 1. The van der Waals surface area contributed by atoms with Crippen molar-refractivity contribution in [2.24, 2.45) is 0 Å². The fourth-order valence-electron chi connectivity index (χ4n) is 1.72. The van der Waals surface area contributed by atoms with Crippen LogP contribution >= 0.6 is 22.9 Å². The highest BCUT2D eigenvalue weighted by molar-refractivity contribution is 7.10. The molecule has 0 spiro atoms. The minimum atomic E-state index is 0.186. The zero-order valence-electron chi connectivity index (χ0n) is 9.98. The molecule has 4 heteroatoms. The van der Waals surface area contributed by atoms with Crippen molar-refractivity contribution in [1.29, 1.82) is 5.26 Å². The highest BCUT2D eigenvalue weighted by atomic mass is 35.5. The third-order valence-corrected chi connectivity index (χ3v) is 4.02. The van der Waals surface area contributed by atoms with Crippen molar-refractivity contribution in [2.75, 3.05) is 0 Å². The smallest absolute Gasteiger partial charge is 0.100 e. The molecule has 0 saturated carbocycles. The average molecular weight is 277 g/mol. The highest BCUT2D eigenvalue weighted by Crippen LogP contribution is 2.23. The molecular formula is C14H13ClN2S. The fourth-order valence-corrected chi connectivity index (χ4v) is 2.78. The quantitative estimate of drug-likeness (QED) is 0.912. The molecule has 1 aromatic carbocycles. The van der Waals surface area contributed by atoms with Gasteiger partial charge in [0.2, 0.25) is 0 Å². The van der Waals surface area contributed by atoms with Crippen LogP contribution in [0.15, 0.2) is 35.7 Å². The average Bonchev–Trinajstić information content (AvgIpc) is 2.84. The Kier molecular flexibility index (Phi) is 4.38. The maximum Gasteiger partial charge on any atom is 0.100 e. The molecule has 0 amide bonds. The molecule has 1 heterocycles. The molecule has 0 fully saturated rings. The van der Waals surface area contributed by atoms with E-state index in [1.807, 2.05) is 35.7 Å². The molecule has 2 rings (SSSR count). The first-order chi connectivity index (χ1) is 8.70. The van der Waals surface area contributed by atoms with Crippen molar-refractivity contribution >= 4 is 22.9 Å². The van der Waals surface area contributed by atoms with Crippen LogP contribution < -0.4 is 5.32 Å². The Morgan fingerprint density at radius 1 is 1.44 bits per heavy atom. The Hall–Kier alpha value is -1.34. The van der Waals surface area contributed by atoms with Crippen LogP contribution in [-0.2, 0) is 6.54 Å². The number of halogens is 1. The van der Waals surface area contributed by atoms with Gasteiger partial charge in [0.15, 0.2) is 0 Å². The molecule has 1 aromatic heterocycles. The Bertz CT molecular complexity index is 571. The van der Waals surface area contributed by atoms with Gasteiger partial charge in [0.25, 0.3) is 0 Å². The minimum absolute atomic E-state index is 0.186. The van der Waals surface area contributed by atoms with Gasteiger partial charge >= 0.3 is 0 Å². The van der Waals surface area contributed by atoms with Crippen LogP contribution in [0.1, 0.15) is 29.0 Å². The second-order valence-electron chi connectivity index (χ2n) is 4.04. The molecule has 18 heavy (non-hydrogen) atoms. The zero-order chi connectivity index (χ0) is 13.0. The van der Waals surface area contributed by atoms with E-state index in [4.69, 9.17) is 16.9 Å². The van der Waals surface area contributed by atoms with Gasteiger partial charge < -0.3 is 5.32 Å². The van der Waals surface area contributed by atoms with E-state index in [1.54, 1.807) is 11.3 Å². The van der Waals surface area contributed by atoms with E-state index < -0.39 is 0 Å². The monoisotopic (exact) mass is 276 g/mol. The second kappa shape index (κ2) is 6.01. The van der Waals surface area contributed by atoms with Crippen LogP contribution in [0.3, 0.4) is 0 Å². The van der Waals surface area contributed by atoms with E-state index in [9.17, 15) is 0 Å². The molecule has 2 nitrogen and oxygen atoms in total. The number of hydrogen-bond donors (Lipinski definition) is 1. The van der Waals surface area contributed by atoms with E-state index in [1.165, 1.54) is 0 Å². The summed E-state index contributed by atoms with van der Waals surface area (Å²) in [5.41, 5.74) is 1.82. The Morgan fingerprint density at radius 3 is 2.89 bits per heavy atom. The maximum absolute atomic E-state index is 8.76. The van der Waals surface area contributed by atoms with E-state index in [-0.39, 0.29) is 6.04 Å². The van der Waals surface area contributed by atoms with Gasteiger partial charge in [0.1, 0.15) is 6.07 Å². The van der Waals surface area contributed by atoms with Crippen LogP contribution in [0.4, 0.5) is 0 Å². The van der Waals surface area contributed by atoms with Crippen molar-refractivity contribution in [3.63, 3.8) is 0 Å². The first-order valence-electron chi connectivity index (χ1n) is 5.66. The molecule has 0 bridgehead atoms. The number of benzene rings is 1. The molecule has 0 aliphatic heterocycles. The summed E-state index contributed by atoms with van der Waals surface area (Å²) in [5, 5.41) is 14.8. The van der Waals surface area contributed by atoms with Crippen LogP contribution in [0.2, 0.25) is 5.02 Å². The second-order valence-corrected chi connectivity index (χ2v) is 5.44. The van der Waals surface area contributed by atoms with Crippen LogP contribution in [-0.4, -0.2) is 0 Å². The summed E-state index contributed by atoms with van der Waals surface area (Å²) < 4.78 is 0. The van der Waals surface area contributed by atoms with Crippen molar-refractivity contribution in [3.05, 3.63) is 56.7 Å². The predicted octanol–water partition coefficient (Wildman–Crippen LogP) is 4.12. The van der Waals surface area contributed by atoms with E-state index in [0.717, 1.165) is 27.6 Å². The largest absolute Gasteiger partial charge is 0.305 e. The lowest BCUT2D eigenvalue weighted by Gasteiger charge is -2.14. The van der Waals surface area contributed by atoms with E-state index >= 15 is 0 Å². The molecule has 1 N–H and O–H groups in total. The summed E-state index contributed by atoms with van der Waals surface area (Å²) >= 11 is 7.74. The molecule has 92 valence electrons. The molecule has 0 radical (unpaired) electrons. The third-order valence-electron chi connectivity index (χ3n) is 2.74. The number of nitrogens with one attached hydrogen (secondary N) is 1. The molecule has 0 unspecified atom stereocenters. The lowest BCUT2D eigenvalue weighted by atomic mass is 10.1. The standard InChI is InChI=1S/C14H13ClN2S/c1-10(13-4-2-3-5-14(13)15)17-8-12-6-11(7-16)9-18-12/h2-6,9-10,17H,8H2,1H3/t10-/m0/s1. The first-order valence-corrected chi connectivity index (χ1v) is 6.92. The van der Waals surface area contributed by atoms with Crippen LogP contribution in [0, 0.1) is 11.3 Å². The van der Waals surface area contributed by atoms with E-state index in [0.29, 0.717) is 0 Å². The van der Waals surface area contributed by atoms with Gasteiger partial charge in [-0.05, 0) is 24.6 Å². The van der Waals surface area contributed by atoms with Crippen molar-refractivity contribution in [3.8, 4) is 6.07 Å². The SMILES string of the molecule is C[C@H](NCc1cc(C#N)cs1)c1ccccc1Cl. The lowest BCUT2D eigenvalue weighted by molar-refractivity contribution is 0.579. The Labute approximate surface area is 116 Å². The molecule has 0 saturated heterocycles. The number of nitrogens with zero attached hydrogens (tertiary/aromatic N) is 1. The predicted molar refractivity (Wildman–Crippen MR) is 75.7 cm³/mol. The van der Waals surface area contributed by atoms with Gasteiger partial charge in [-0.15, -0.1) is 11.3 Å². The number of hydrogen-bond acceptors (Lipinski definition) is 3. The molecule has 0 aliphatic rings. The molecule has 0 aliphatic carbocycles. The maximum atomic E-state index is 8.76. The molecule has 2 aromatic rings. The van der Waals surface area contributed by atoms with Gasteiger partial charge in [-0.3, -0.25) is 0 Å². The number of rotatable bonds is 4. The summed E-state index contributed by atoms with van der Waals surface area (Å²) in [7, 11) is 0.